The van der Waals surface area contributed by atoms with Crippen molar-refractivity contribution in [3.8, 4) is 0 Å². The molecule has 4 fully saturated rings. The molecule has 1 aromatic carbocycles. The molecule has 0 unspecified atom stereocenters. The molecular formula is C29H36O5. The second kappa shape index (κ2) is 8.08. The van der Waals surface area contributed by atoms with Crippen molar-refractivity contribution in [2.24, 2.45) is 34.0 Å². The predicted molar refractivity (Wildman–Crippen MR) is 130 cm³/mol. The number of carbonyl (C=O) groups excluding carboxylic acids is 1. The van der Waals surface area contributed by atoms with Crippen LogP contribution in [0.15, 0.2) is 48.6 Å². The zero-order valence-electron chi connectivity index (χ0n) is 20.2. The Kier molecular flexibility index (Phi) is 5.55. The van der Waals surface area contributed by atoms with E-state index in [1.165, 1.54) is 6.08 Å². The fraction of sp³-hybridized carbons (Fsp3) is 0.586. The van der Waals surface area contributed by atoms with Crippen molar-refractivity contribution in [1.29, 1.82) is 0 Å². The second-order valence-electron chi connectivity index (χ2n) is 11.7. The quantitative estimate of drug-likeness (QED) is 0.361. The van der Waals surface area contributed by atoms with E-state index in [2.05, 4.69) is 13.5 Å². The Balaban J connectivity index is 1.53. The smallest absolute Gasteiger partial charge is 0.331 e. The molecule has 34 heavy (non-hydrogen) atoms. The van der Waals surface area contributed by atoms with E-state index < -0.39 is 35.0 Å². The zero-order chi connectivity index (χ0) is 24.3. The normalized spacial score (nSPS) is 43.3. The van der Waals surface area contributed by atoms with Crippen LogP contribution >= 0.6 is 0 Å². The van der Waals surface area contributed by atoms with Gasteiger partial charge >= 0.3 is 11.9 Å². The third kappa shape index (κ3) is 3.23. The van der Waals surface area contributed by atoms with Crippen molar-refractivity contribution in [1.82, 2.24) is 0 Å². The van der Waals surface area contributed by atoms with Gasteiger partial charge in [0, 0.05) is 11.5 Å². The van der Waals surface area contributed by atoms with Crippen LogP contribution in [-0.2, 0) is 14.3 Å². The van der Waals surface area contributed by atoms with Crippen LogP contribution in [0.1, 0.15) is 64.4 Å². The van der Waals surface area contributed by atoms with Gasteiger partial charge in [-0.3, -0.25) is 4.79 Å². The molecule has 2 bridgehead atoms. The monoisotopic (exact) mass is 464 g/mol. The van der Waals surface area contributed by atoms with E-state index >= 15 is 0 Å². The van der Waals surface area contributed by atoms with Gasteiger partial charge in [0.2, 0.25) is 0 Å². The van der Waals surface area contributed by atoms with Gasteiger partial charge in [-0.05, 0) is 85.8 Å². The maximum absolute atomic E-state index is 13.0. The summed E-state index contributed by atoms with van der Waals surface area (Å²) in [5.41, 5.74) is 0.103. The van der Waals surface area contributed by atoms with Crippen LogP contribution in [0.4, 0.5) is 0 Å². The zero-order valence-corrected chi connectivity index (χ0v) is 20.2. The van der Waals surface area contributed by atoms with Crippen LogP contribution in [0.3, 0.4) is 0 Å². The number of rotatable bonds is 4. The van der Waals surface area contributed by atoms with Crippen LogP contribution in [0.2, 0.25) is 0 Å². The summed E-state index contributed by atoms with van der Waals surface area (Å²) in [6.45, 7) is 8.35. The van der Waals surface area contributed by atoms with Gasteiger partial charge in [0.15, 0.2) is 0 Å². The molecule has 0 aromatic heterocycles. The van der Waals surface area contributed by atoms with Gasteiger partial charge in [0.1, 0.15) is 6.10 Å². The Morgan fingerprint density at radius 3 is 2.56 bits per heavy atom. The van der Waals surface area contributed by atoms with Crippen LogP contribution in [0, 0.1) is 34.0 Å². The fourth-order valence-electron chi connectivity index (χ4n) is 8.58. The minimum atomic E-state index is -0.865. The van der Waals surface area contributed by atoms with Gasteiger partial charge in [0.25, 0.3) is 0 Å². The number of aliphatic hydroxyl groups is 1. The van der Waals surface area contributed by atoms with Crippen LogP contribution in [0.25, 0.3) is 6.08 Å². The lowest BCUT2D eigenvalue weighted by molar-refractivity contribution is -0.232. The largest absolute Gasteiger partial charge is 0.481 e. The summed E-state index contributed by atoms with van der Waals surface area (Å²) in [6, 6.07) is 9.58. The van der Waals surface area contributed by atoms with Gasteiger partial charge in [-0.1, -0.05) is 50.3 Å². The molecule has 4 aliphatic carbocycles. The predicted octanol–water partition coefficient (Wildman–Crippen LogP) is 5.25. The Morgan fingerprint density at radius 2 is 1.85 bits per heavy atom. The SMILES string of the molecule is C=C1[C@@H]2CC[C@H]3[C@]4(C)CCC[C@@](C)(C(=O)O)[C@H]4C[C@H](OC(=O)/C=C/c4ccccc4)[C@]3(C2)[C@H]1O. The fourth-order valence-corrected chi connectivity index (χ4v) is 8.58. The Labute approximate surface area is 201 Å². The van der Waals surface area contributed by atoms with Gasteiger partial charge in [-0.2, -0.15) is 0 Å². The minimum Gasteiger partial charge on any atom is -0.481 e. The number of carbonyl (C=O) groups is 2. The van der Waals surface area contributed by atoms with Crippen molar-refractivity contribution >= 4 is 18.0 Å². The van der Waals surface area contributed by atoms with E-state index in [4.69, 9.17) is 4.74 Å². The number of hydrogen-bond acceptors (Lipinski definition) is 4. The van der Waals surface area contributed by atoms with Crippen molar-refractivity contribution in [3.05, 3.63) is 54.1 Å². The number of hydrogen-bond donors (Lipinski definition) is 2. The number of aliphatic hydroxyl groups excluding tert-OH is 1. The van der Waals surface area contributed by atoms with Crippen LogP contribution in [-0.4, -0.2) is 34.4 Å². The van der Waals surface area contributed by atoms with Gasteiger partial charge < -0.3 is 14.9 Å². The van der Waals surface area contributed by atoms with Crippen LogP contribution in [0.5, 0.6) is 0 Å². The molecule has 0 saturated heterocycles. The second-order valence-corrected chi connectivity index (χ2v) is 11.7. The maximum Gasteiger partial charge on any atom is 0.331 e. The van der Waals surface area contributed by atoms with E-state index in [1.807, 2.05) is 37.3 Å². The first-order valence-corrected chi connectivity index (χ1v) is 12.7. The molecule has 182 valence electrons. The number of benzene rings is 1. The summed E-state index contributed by atoms with van der Waals surface area (Å²) in [5, 5.41) is 21.8. The summed E-state index contributed by atoms with van der Waals surface area (Å²) in [5.74, 6) is -0.986. The topological polar surface area (TPSA) is 83.8 Å². The maximum atomic E-state index is 13.0. The molecule has 0 amide bonds. The lowest BCUT2D eigenvalue weighted by Gasteiger charge is -2.65. The molecule has 0 aliphatic heterocycles. The summed E-state index contributed by atoms with van der Waals surface area (Å²) in [4.78, 5) is 25.5. The van der Waals surface area contributed by atoms with E-state index in [1.54, 1.807) is 6.08 Å². The number of aliphatic carboxylic acids is 1. The Morgan fingerprint density at radius 1 is 1.12 bits per heavy atom. The molecule has 8 atom stereocenters. The summed E-state index contributed by atoms with van der Waals surface area (Å²) >= 11 is 0. The van der Waals surface area contributed by atoms with Crippen molar-refractivity contribution in [2.75, 3.05) is 0 Å². The standard InChI is InChI=1S/C29H36O5/c1-18-20-11-12-21-27(2)14-7-15-28(3,26(32)33)22(27)16-23(29(21,17-20)25(18)31)34-24(30)13-10-19-8-5-4-6-9-19/h4-6,8-10,13,20-23,25,31H,1,7,11-12,14-17H2,2-3H3,(H,32,33)/b13-10+/t20-,21+,22+,23+,25+,27+,28-,29-/m1/s1. The van der Waals surface area contributed by atoms with E-state index in [9.17, 15) is 19.8 Å². The molecule has 5 rings (SSSR count). The molecular weight excluding hydrogens is 428 g/mol. The molecule has 5 nitrogen and oxygen atoms in total. The summed E-state index contributed by atoms with van der Waals surface area (Å²) in [7, 11) is 0. The lowest BCUT2D eigenvalue weighted by Crippen LogP contribution is -2.65. The third-order valence-corrected chi connectivity index (χ3v) is 10.2. The average molecular weight is 465 g/mol. The van der Waals surface area contributed by atoms with E-state index in [0.717, 1.165) is 43.2 Å². The molecule has 1 spiro atoms. The van der Waals surface area contributed by atoms with Gasteiger partial charge in [-0.25, -0.2) is 4.79 Å². The molecule has 4 saturated carbocycles. The number of carboxylic acid groups (broad SMARTS) is 1. The van der Waals surface area contributed by atoms with Crippen LogP contribution < -0.4 is 0 Å². The molecule has 0 radical (unpaired) electrons. The highest BCUT2D eigenvalue weighted by Gasteiger charge is 2.71. The molecule has 5 heteroatoms. The Hall–Kier alpha value is -2.40. The number of carboxylic acids is 1. The van der Waals surface area contributed by atoms with Gasteiger partial charge in [-0.15, -0.1) is 0 Å². The third-order valence-electron chi connectivity index (χ3n) is 10.2. The number of esters is 1. The van der Waals surface area contributed by atoms with E-state index in [0.29, 0.717) is 12.8 Å². The number of fused-ring (bicyclic) bond motifs is 3. The van der Waals surface area contributed by atoms with Gasteiger partial charge in [0.05, 0.1) is 11.5 Å². The first kappa shape index (κ1) is 23.3. The first-order chi connectivity index (χ1) is 16.1. The van der Waals surface area contributed by atoms with Crippen molar-refractivity contribution in [3.63, 3.8) is 0 Å². The molecule has 4 aliphatic rings. The highest BCUT2D eigenvalue weighted by Crippen LogP contribution is 2.72. The van der Waals surface area contributed by atoms with Crippen molar-refractivity contribution in [2.45, 2.75) is 71.0 Å². The minimum absolute atomic E-state index is 0.0964. The first-order valence-electron chi connectivity index (χ1n) is 12.7. The van der Waals surface area contributed by atoms with Crippen molar-refractivity contribution < 1.29 is 24.5 Å². The molecule has 0 heterocycles. The lowest BCUT2D eigenvalue weighted by atomic mass is 9.40. The average Bonchev–Trinajstić information content (AvgIpc) is 3.00. The highest BCUT2D eigenvalue weighted by atomic mass is 16.5. The molecule has 1 aromatic rings. The molecule has 2 N–H and O–H groups in total. The Bertz CT molecular complexity index is 1030. The summed E-state index contributed by atoms with van der Waals surface area (Å²) in [6.07, 6.45) is 7.49. The highest BCUT2D eigenvalue weighted by molar-refractivity contribution is 5.87. The summed E-state index contributed by atoms with van der Waals surface area (Å²) < 4.78 is 6.17. The number of ether oxygens (including phenoxy) is 1. The van der Waals surface area contributed by atoms with E-state index in [-0.39, 0.29) is 23.2 Å².